The van der Waals surface area contributed by atoms with Crippen LogP contribution in [0, 0.1) is 0 Å². The maximum atomic E-state index is 12.7. The van der Waals surface area contributed by atoms with Gasteiger partial charge in [-0.3, -0.25) is 0 Å². The van der Waals surface area contributed by atoms with Gasteiger partial charge in [-0.15, -0.1) is 0 Å². The van der Waals surface area contributed by atoms with Crippen LogP contribution in [0.15, 0.2) is 29.3 Å². The van der Waals surface area contributed by atoms with Gasteiger partial charge in [-0.05, 0) is 76.1 Å². The zero-order valence-corrected chi connectivity index (χ0v) is 17.8. The Balaban J connectivity index is 1.43. The molecule has 0 amide bonds. The van der Waals surface area contributed by atoms with Gasteiger partial charge in [0.05, 0.1) is 0 Å². The summed E-state index contributed by atoms with van der Waals surface area (Å²) in [7, 11) is -2.02. The second kappa shape index (κ2) is 7.34. The van der Waals surface area contributed by atoms with Crippen molar-refractivity contribution in [2.45, 2.75) is 68.8 Å². The smallest absolute Gasteiger partial charge is 0.298 e. The summed E-state index contributed by atoms with van der Waals surface area (Å²) in [5.41, 5.74) is 1.55. The number of nitrogens with one attached hydrogen (secondary N) is 1. The van der Waals surface area contributed by atoms with Crippen molar-refractivity contribution in [1.29, 1.82) is 0 Å². The van der Waals surface area contributed by atoms with Crippen molar-refractivity contribution in [3.8, 4) is 0 Å². The molecular weight excluding hydrogens is 374 g/mol. The van der Waals surface area contributed by atoms with Gasteiger partial charge in [-0.1, -0.05) is 24.3 Å². The molecule has 0 aromatic heterocycles. The minimum Gasteiger partial charge on any atom is -0.457 e. The molecule has 154 valence electrons. The molecule has 3 fully saturated rings. The molecule has 0 radical (unpaired) electrons. The standard InChI is InChI=1S/C21H31N3O3S/c1-21(2)19(28(25,26)23-20(22-3)27-21)14-15-4-6-16(7-5-15)17-10-12-24(13-11-17)18-8-9-18/h4-7,17-19H,8-14H2,1-3H3,(H,22,23). The van der Waals surface area contributed by atoms with E-state index in [0.29, 0.717) is 12.3 Å². The van der Waals surface area contributed by atoms with Crippen molar-refractivity contribution >= 4 is 16.0 Å². The van der Waals surface area contributed by atoms with Crippen LogP contribution in [0.5, 0.6) is 0 Å². The van der Waals surface area contributed by atoms with Gasteiger partial charge < -0.3 is 9.64 Å². The van der Waals surface area contributed by atoms with Crippen LogP contribution in [0.3, 0.4) is 0 Å². The molecule has 7 heteroatoms. The molecular formula is C21H31N3O3S. The molecule has 1 aliphatic carbocycles. The quantitative estimate of drug-likeness (QED) is 0.836. The van der Waals surface area contributed by atoms with Gasteiger partial charge in [-0.2, -0.15) is 0 Å². The Labute approximate surface area is 168 Å². The molecule has 3 aliphatic rings. The average molecular weight is 406 g/mol. The molecule has 1 atom stereocenters. The molecule has 0 spiro atoms. The second-order valence-electron chi connectivity index (χ2n) is 8.86. The number of amidine groups is 1. The van der Waals surface area contributed by atoms with Gasteiger partial charge in [0.1, 0.15) is 10.9 Å². The lowest BCUT2D eigenvalue weighted by molar-refractivity contribution is 0.0770. The van der Waals surface area contributed by atoms with Crippen molar-refractivity contribution in [3.63, 3.8) is 0 Å². The number of aliphatic imine (C=N–C) groups is 1. The van der Waals surface area contributed by atoms with Gasteiger partial charge in [0.25, 0.3) is 6.02 Å². The largest absolute Gasteiger partial charge is 0.457 e. The Morgan fingerprint density at radius 3 is 2.32 bits per heavy atom. The van der Waals surface area contributed by atoms with Crippen molar-refractivity contribution in [2.24, 2.45) is 4.99 Å². The van der Waals surface area contributed by atoms with E-state index in [1.54, 1.807) is 0 Å². The summed E-state index contributed by atoms with van der Waals surface area (Å²) in [6.45, 7) is 6.03. The van der Waals surface area contributed by atoms with Crippen LogP contribution < -0.4 is 4.72 Å². The summed E-state index contributed by atoms with van der Waals surface area (Å²) in [5, 5.41) is -0.668. The number of sulfonamides is 1. The average Bonchev–Trinajstić information content (AvgIpc) is 3.50. The zero-order valence-electron chi connectivity index (χ0n) is 17.0. The molecule has 1 unspecified atom stereocenters. The number of nitrogens with zero attached hydrogens (tertiary/aromatic N) is 2. The SMILES string of the molecule is CN=C1NS(=O)(=O)C(Cc2ccc(C3CCN(C4CC4)CC3)cc2)C(C)(C)O1. The minimum atomic E-state index is -3.54. The summed E-state index contributed by atoms with van der Waals surface area (Å²) >= 11 is 0. The van der Waals surface area contributed by atoms with E-state index >= 15 is 0 Å². The zero-order chi connectivity index (χ0) is 19.9. The Kier molecular flexibility index (Phi) is 5.16. The summed E-state index contributed by atoms with van der Waals surface area (Å²) in [5.74, 6) is 0.618. The molecule has 2 saturated heterocycles. The normalized spacial score (nSPS) is 29.2. The first-order valence-corrected chi connectivity index (χ1v) is 11.8. The van der Waals surface area contributed by atoms with Crippen molar-refractivity contribution in [1.82, 2.24) is 9.62 Å². The Morgan fingerprint density at radius 2 is 1.79 bits per heavy atom. The number of piperidine rings is 1. The predicted octanol–water partition coefficient (Wildman–Crippen LogP) is 2.65. The first-order valence-electron chi connectivity index (χ1n) is 10.3. The van der Waals surface area contributed by atoms with Crippen LogP contribution in [0.1, 0.15) is 56.6 Å². The van der Waals surface area contributed by atoms with E-state index in [-0.39, 0.29) is 6.02 Å². The van der Waals surface area contributed by atoms with Crippen LogP contribution >= 0.6 is 0 Å². The van der Waals surface area contributed by atoms with Crippen molar-refractivity contribution in [2.75, 3.05) is 20.1 Å². The molecule has 1 N–H and O–H groups in total. The van der Waals surface area contributed by atoms with E-state index in [1.165, 1.54) is 51.4 Å². The topological polar surface area (TPSA) is 71.0 Å². The van der Waals surface area contributed by atoms with E-state index in [9.17, 15) is 8.42 Å². The lowest BCUT2D eigenvalue weighted by Gasteiger charge is -2.39. The third-order valence-corrected chi connectivity index (χ3v) is 8.35. The third kappa shape index (κ3) is 4.06. The lowest BCUT2D eigenvalue weighted by Crippen LogP contribution is -2.59. The van der Waals surface area contributed by atoms with Gasteiger partial charge in [-0.25, -0.2) is 18.1 Å². The molecule has 1 aromatic rings. The van der Waals surface area contributed by atoms with Crippen molar-refractivity contribution < 1.29 is 13.2 Å². The molecule has 28 heavy (non-hydrogen) atoms. The molecule has 0 bridgehead atoms. The predicted molar refractivity (Wildman–Crippen MR) is 111 cm³/mol. The van der Waals surface area contributed by atoms with Crippen LogP contribution in [0.4, 0.5) is 0 Å². The number of benzene rings is 1. The van der Waals surface area contributed by atoms with Gasteiger partial charge >= 0.3 is 0 Å². The maximum Gasteiger partial charge on any atom is 0.298 e. The van der Waals surface area contributed by atoms with Gasteiger partial charge in [0.2, 0.25) is 10.0 Å². The first-order chi connectivity index (χ1) is 13.3. The summed E-state index contributed by atoms with van der Waals surface area (Å²) < 4.78 is 33.6. The number of rotatable bonds is 4. The van der Waals surface area contributed by atoms with Crippen LogP contribution in [0.25, 0.3) is 0 Å². The van der Waals surface area contributed by atoms with E-state index in [0.717, 1.165) is 11.6 Å². The monoisotopic (exact) mass is 405 g/mol. The molecule has 2 aliphatic heterocycles. The fraction of sp³-hybridized carbons (Fsp3) is 0.667. The highest BCUT2D eigenvalue weighted by molar-refractivity contribution is 7.90. The van der Waals surface area contributed by atoms with Gasteiger partial charge in [0.15, 0.2) is 0 Å². The second-order valence-corrected chi connectivity index (χ2v) is 10.7. The highest BCUT2D eigenvalue weighted by atomic mass is 32.2. The Hall–Kier alpha value is -1.60. The molecule has 1 aromatic carbocycles. The maximum absolute atomic E-state index is 12.7. The number of hydrogen-bond donors (Lipinski definition) is 1. The molecule has 6 nitrogen and oxygen atoms in total. The Bertz CT molecular complexity index is 836. The summed E-state index contributed by atoms with van der Waals surface area (Å²) in [6, 6.07) is 9.45. The van der Waals surface area contributed by atoms with Crippen LogP contribution in [-0.2, 0) is 21.2 Å². The van der Waals surface area contributed by atoms with E-state index in [1.807, 2.05) is 13.8 Å². The van der Waals surface area contributed by atoms with E-state index in [2.05, 4.69) is 38.9 Å². The molecule has 1 saturated carbocycles. The molecule has 2 heterocycles. The highest BCUT2D eigenvalue weighted by Gasteiger charge is 2.47. The lowest BCUT2D eigenvalue weighted by atomic mass is 9.88. The van der Waals surface area contributed by atoms with Gasteiger partial charge in [0, 0.05) is 13.1 Å². The van der Waals surface area contributed by atoms with E-state index in [4.69, 9.17) is 4.74 Å². The molecule has 4 rings (SSSR count). The summed E-state index contributed by atoms with van der Waals surface area (Å²) in [6.07, 6.45) is 5.61. The van der Waals surface area contributed by atoms with Crippen molar-refractivity contribution in [3.05, 3.63) is 35.4 Å². The minimum absolute atomic E-state index is 0.0640. The highest BCUT2D eigenvalue weighted by Crippen LogP contribution is 2.35. The van der Waals surface area contributed by atoms with Crippen LogP contribution in [0.2, 0.25) is 0 Å². The fourth-order valence-electron chi connectivity index (χ4n) is 4.53. The third-order valence-electron chi connectivity index (χ3n) is 6.41. The summed E-state index contributed by atoms with van der Waals surface area (Å²) in [4.78, 5) is 6.50. The van der Waals surface area contributed by atoms with Crippen LogP contribution in [-0.4, -0.2) is 56.4 Å². The first kappa shape index (κ1) is 19.7. The Morgan fingerprint density at radius 1 is 1.14 bits per heavy atom. The fourth-order valence-corrected chi connectivity index (χ4v) is 6.25. The number of hydrogen-bond acceptors (Lipinski definition) is 5. The number of ether oxygens (including phenoxy) is 1. The number of likely N-dealkylation sites (tertiary alicyclic amines) is 1. The van der Waals surface area contributed by atoms with E-state index < -0.39 is 20.9 Å².